The summed E-state index contributed by atoms with van der Waals surface area (Å²) in [5, 5.41) is 6.72. The van der Waals surface area contributed by atoms with Gasteiger partial charge in [-0.25, -0.2) is 18.6 Å². The lowest BCUT2D eigenvalue weighted by atomic mass is 9.92. The van der Waals surface area contributed by atoms with Crippen LogP contribution in [0.5, 0.6) is 0 Å². The molecule has 10 heteroatoms. The van der Waals surface area contributed by atoms with Crippen molar-refractivity contribution in [1.82, 2.24) is 19.9 Å². The van der Waals surface area contributed by atoms with E-state index in [0.717, 1.165) is 10.4 Å². The van der Waals surface area contributed by atoms with E-state index in [1.54, 1.807) is 31.4 Å². The second-order valence-electron chi connectivity index (χ2n) is 7.31. The topological polar surface area (TPSA) is 91.8 Å². The van der Waals surface area contributed by atoms with Crippen molar-refractivity contribution in [2.75, 3.05) is 5.32 Å². The van der Waals surface area contributed by atoms with Gasteiger partial charge in [-0.1, -0.05) is 0 Å². The van der Waals surface area contributed by atoms with Gasteiger partial charge >= 0.3 is 5.69 Å². The number of carbonyl (C=O) groups excluding carboxylic acids is 1. The number of hydrogen-bond acceptors (Lipinski definition) is 5. The van der Waals surface area contributed by atoms with E-state index in [1.165, 1.54) is 15.9 Å². The maximum Gasteiger partial charge on any atom is 0.326 e. The summed E-state index contributed by atoms with van der Waals surface area (Å²) in [4.78, 5) is 31.9. The van der Waals surface area contributed by atoms with Crippen LogP contribution in [-0.2, 0) is 13.6 Å². The van der Waals surface area contributed by atoms with Crippen molar-refractivity contribution in [2.24, 2.45) is 7.05 Å². The Morgan fingerprint density at radius 3 is 2.90 bits per heavy atom. The van der Waals surface area contributed by atoms with Crippen molar-refractivity contribution in [2.45, 2.75) is 44.2 Å². The molecule has 2 heterocycles. The molecule has 1 amide bonds. The standard InChI is InChI=1S/C19H21F2N5O2S/c1-26-15-3-2-11(8-14(15)25-18(26)28)16(27)22-9-13-10-23-17(29-13)24-12-4-6-19(20,21)7-5-12/h2-3,8,10,12H,4-7,9H2,1H3,(H,22,27)(H,23,24)(H,25,28). The lowest BCUT2D eigenvalue weighted by molar-refractivity contribution is -0.0360. The van der Waals surface area contributed by atoms with Crippen molar-refractivity contribution >= 4 is 33.4 Å². The van der Waals surface area contributed by atoms with Crippen LogP contribution < -0.4 is 16.3 Å². The molecule has 154 valence electrons. The lowest BCUT2D eigenvalue weighted by Gasteiger charge is -2.28. The number of nitrogens with one attached hydrogen (secondary N) is 3. The average Bonchev–Trinajstić information content (AvgIpc) is 3.25. The molecule has 0 bridgehead atoms. The lowest BCUT2D eigenvalue weighted by Crippen LogP contribution is -2.31. The van der Waals surface area contributed by atoms with Gasteiger partial charge in [-0.3, -0.25) is 9.36 Å². The number of hydrogen-bond donors (Lipinski definition) is 3. The zero-order valence-corrected chi connectivity index (χ0v) is 16.6. The van der Waals surface area contributed by atoms with E-state index in [4.69, 9.17) is 0 Å². The predicted molar refractivity (Wildman–Crippen MR) is 108 cm³/mol. The predicted octanol–water partition coefficient (Wildman–Crippen LogP) is 3.24. The first-order valence-corrected chi connectivity index (χ1v) is 10.2. The highest BCUT2D eigenvalue weighted by atomic mass is 32.1. The van der Waals surface area contributed by atoms with Crippen molar-refractivity contribution in [1.29, 1.82) is 0 Å². The van der Waals surface area contributed by atoms with E-state index in [0.29, 0.717) is 35.6 Å². The van der Waals surface area contributed by atoms with Crippen LogP contribution in [0, 0.1) is 0 Å². The van der Waals surface area contributed by atoms with Gasteiger partial charge in [-0.2, -0.15) is 0 Å². The number of rotatable bonds is 5. The number of benzene rings is 1. The molecule has 3 aromatic rings. The number of anilines is 1. The van der Waals surface area contributed by atoms with Crippen LogP contribution in [0.15, 0.2) is 29.2 Å². The molecule has 7 nitrogen and oxygen atoms in total. The number of H-pyrrole nitrogens is 1. The highest BCUT2D eigenvalue weighted by molar-refractivity contribution is 7.15. The molecule has 3 N–H and O–H groups in total. The highest BCUT2D eigenvalue weighted by Gasteiger charge is 2.35. The van der Waals surface area contributed by atoms with Crippen LogP contribution >= 0.6 is 11.3 Å². The van der Waals surface area contributed by atoms with E-state index in [1.807, 2.05) is 0 Å². The molecular weight excluding hydrogens is 400 g/mol. The number of alkyl halides is 2. The SMILES string of the molecule is Cn1c(=O)[nH]c2cc(C(=O)NCc3cnc(NC4CCC(F)(F)CC4)s3)ccc21. The number of nitrogens with zero attached hydrogens (tertiary/aromatic N) is 2. The Kier molecular flexibility index (Phi) is 5.12. The maximum absolute atomic E-state index is 13.2. The summed E-state index contributed by atoms with van der Waals surface area (Å²) in [5.74, 6) is -2.80. The van der Waals surface area contributed by atoms with Gasteiger partial charge in [0.1, 0.15) is 0 Å². The van der Waals surface area contributed by atoms with Gasteiger partial charge in [0.2, 0.25) is 5.92 Å². The van der Waals surface area contributed by atoms with Gasteiger partial charge in [-0.15, -0.1) is 11.3 Å². The number of thiazole rings is 1. The fourth-order valence-electron chi connectivity index (χ4n) is 3.46. The number of halogens is 2. The molecule has 1 aliphatic carbocycles. The van der Waals surface area contributed by atoms with E-state index >= 15 is 0 Å². The first-order chi connectivity index (χ1) is 13.8. The van der Waals surface area contributed by atoms with E-state index < -0.39 is 5.92 Å². The average molecular weight is 421 g/mol. The zero-order chi connectivity index (χ0) is 20.6. The molecule has 1 saturated carbocycles. The number of amides is 1. The number of carbonyl (C=O) groups is 1. The third-order valence-corrected chi connectivity index (χ3v) is 6.12. The Labute approximate surface area is 169 Å². The summed E-state index contributed by atoms with van der Waals surface area (Å²) < 4.78 is 28.0. The number of fused-ring (bicyclic) bond motifs is 1. The first-order valence-electron chi connectivity index (χ1n) is 9.37. The van der Waals surface area contributed by atoms with Gasteiger partial charge in [0.05, 0.1) is 17.6 Å². The summed E-state index contributed by atoms with van der Waals surface area (Å²) in [6.07, 6.45) is 2.31. The highest BCUT2D eigenvalue weighted by Crippen LogP contribution is 2.34. The molecule has 0 saturated heterocycles. The normalized spacial score (nSPS) is 16.8. The summed E-state index contributed by atoms with van der Waals surface area (Å²) in [7, 11) is 1.66. The molecule has 1 fully saturated rings. The Balaban J connectivity index is 1.33. The first kappa shape index (κ1) is 19.6. The Morgan fingerprint density at radius 2 is 2.14 bits per heavy atom. The molecule has 0 atom stereocenters. The maximum atomic E-state index is 13.2. The summed E-state index contributed by atoms with van der Waals surface area (Å²) in [6, 6.07) is 5.04. The van der Waals surface area contributed by atoms with Crippen molar-refractivity contribution in [3.05, 3.63) is 45.3 Å². The Hall–Kier alpha value is -2.75. The van der Waals surface area contributed by atoms with E-state index in [9.17, 15) is 18.4 Å². The molecule has 4 rings (SSSR count). The fourth-order valence-corrected chi connectivity index (χ4v) is 4.29. The summed E-state index contributed by atoms with van der Waals surface area (Å²) in [6.45, 7) is 0.310. The molecule has 1 aromatic carbocycles. The second-order valence-corrected chi connectivity index (χ2v) is 8.43. The van der Waals surface area contributed by atoms with Gasteiger partial charge < -0.3 is 15.6 Å². The van der Waals surface area contributed by atoms with Crippen LogP contribution in [0.1, 0.15) is 40.9 Å². The molecule has 2 aromatic heterocycles. The monoisotopic (exact) mass is 421 g/mol. The number of aromatic amines is 1. The van der Waals surface area contributed by atoms with E-state index in [2.05, 4.69) is 20.6 Å². The Morgan fingerprint density at radius 1 is 1.38 bits per heavy atom. The second kappa shape index (κ2) is 7.58. The summed E-state index contributed by atoms with van der Waals surface area (Å²) >= 11 is 1.40. The van der Waals surface area contributed by atoms with Gasteiger partial charge in [0, 0.05) is 42.6 Å². The third-order valence-electron chi connectivity index (χ3n) is 5.19. The minimum absolute atomic E-state index is 0.00275. The zero-order valence-electron chi connectivity index (χ0n) is 15.8. The molecule has 1 aliphatic rings. The van der Waals surface area contributed by atoms with Gasteiger partial charge in [-0.05, 0) is 31.0 Å². The molecular formula is C19H21F2N5O2S. The van der Waals surface area contributed by atoms with Crippen molar-refractivity contribution in [3.8, 4) is 0 Å². The molecule has 0 aliphatic heterocycles. The fraction of sp³-hybridized carbons (Fsp3) is 0.421. The Bertz CT molecular complexity index is 1090. The molecule has 0 spiro atoms. The minimum Gasteiger partial charge on any atom is -0.359 e. The number of aryl methyl sites for hydroxylation is 1. The van der Waals surface area contributed by atoms with Crippen LogP contribution in [0.3, 0.4) is 0 Å². The largest absolute Gasteiger partial charge is 0.359 e. The van der Waals surface area contributed by atoms with Crippen LogP contribution in [0.2, 0.25) is 0 Å². The van der Waals surface area contributed by atoms with Crippen molar-refractivity contribution < 1.29 is 13.6 Å². The number of aromatic nitrogens is 3. The smallest absolute Gasteiger partial charge is 0.326 e. The van der Waals surface area contributed by atoms with Crippen molar-refractivity contribution in [3.63, 3.8) is 0 Å². The quantitative estimate of drug-likeness (QED) is 0.590. The van der Waals surface area contributed by atoms with Crippen LogP contribution in [-0.4, -0.2) is 32.4 Å². The summed E-state index contributed by atoms with van der Waals surface area (Å²) in [5.41, 5.74) is 1.55. The van der Waals surface area contributed by atoms with Gasteiger partial charge in [0.25, 0.3) is 5.91 Å². The molecule has 0 radical (unpaired) electrons. The van der Waals surface area contributed by atoms with Gasteiger partial charge in [0.15, 0.2) is 5.13 Å². The van der Waals surface area contributed by atoms with Crippen LogP contribution in [0.25, 0.3) is 11.0 Å². The van der Waals surface area contributed by atoms with E-state index in [-0.39, 0.29) is 30.5 Å². The third kappa shape index (κ3) is 4.31. The van der Waals surface area contributed by atoms with Crippen LogP contribution in [0.4, 0.5) is 13.9 Å². The molecule has 0 unspecified atom stereocenters. The minimum atomic E-state index is -2.55. The molecule has 29 heavy (non-hydrogen) atoms. The number of imidazole rings is 1.